The minimum absolute atomic E-state index is 0.0271. The quantitative estimate of drug-likeness (QED) is 0.417. The summed E-state index contributed by atoms with van der Waals surface area (Å²) in [5.74, 6) is 0.184. The van der Waals surface area contributed by atoms with E-state index >= 15 is 0 Å². The van der Waals surface area contributed by atoms with Gasteiger partial charge in [0.15, 0.2) is 0 Å². The first kappa shape index (κ1) is 25.2. The molecule has 0 saturated carbocycles. The first-order valence-electron chi connectivity index (χ1n) is 12.6. The Hall–Kier alpha value is -2.48. The summed E-state index contributed by atoms with van der Waals surface area (Å²) in [5, 5.41) is 2.18. The second kappa shape index (κ2) is 10.9. The molecule has 2 aliphatic heterocycles. The van der Waals surface area contributed by atoms with Crippen molar-refractivity contribution in [2.45, 2.75) is 38.8 Å². The lowest BCUT2D eigenvalue weighted by Crippen LogP contribution is -2.51. The van der Waals surface area contributed by atoms with Crippen molar-refractivity contribution in [3.63, 3.8) is 0 Å². The van der Waals surface area contributed by atoms with Gasteiger partial charge in [-0.2, -0.15) is 0 Å². The summed E-state index contributed by atoms with van der Waals surface area (Å²) in [6.45, 7) is 7.54. The van der Waals surface area contributed by atoms with Gasteiger partial charge >= 0.3 is 0 Å². The van der Waals surface area contributed by atoms with Crippen molar-refractivity contribution in [2.75, 3.05) is 32.7 Å². The fourth-order valence-electron chi connectivity index (χ4n) is 5.54. The molecule has 0 unspecified atom stereocenters. The summed E-state index contributed by atoms with van der Waals surface area (Å²) >= 11 is 5.28. The Kier molecular flexibility index (Phi) is 7.60. The lowest BCUT2D eigenvalue weighted by molar-refractivity contribution is -0.137. The van der Waals surface area contributed by atoms with Gasteiger partial charge in [-0.1, -0.05) is 46.3 Å². The third-order valence-corrected chi connectivity index (χ3v) is 9.00. The van der Waals surface area contributed by atoms with E-state index in [9.17, 15) is 9.59 Å². The van der Waals surface area contributed by atoms with Crippen molar-refractivity contribution >= 4 is 39.1 Å². The topological polar surface area (TPSA) is 43.9 Å². The predicted molar refractivity (Wildman–Crippen MR) is 148 cm³/mol. The van der Waals surface area contributed by atoms with E-state index in [1.807, 2.05) is 45.4 Å². The Bertz CT molecular complexity index is 1260. The molecule has 36 heavy (non-hydrogen) atoms. The zero-order chi connectivity index (χ0) is 25.2. The first-order chi connectivity index (χ1) is 17.4. The van der Waals surface area contributed by atoms with Gasteiger partial charge in [0.25, 0.3) is 5.91 Å². The van der Waals surface area contributed by atoms with Crippen LogP contribution in [0.2, 0.25) is 0 Å². The SMILES string of the molecule is Cc1ccccc1[C@H]1c2ccsc2CCN1[C@@H](C)C(=O)N1CCCN(C(=O)c2cccc(Br)c2)CC1. The van der Waals surface area contributed by atoms with Crippen molar-refractivity contribution in [3.05, 3.63) is 91.6 Å². The average molecular weight is 567 g/mol. The van der Waals surface area contributed by atoms with Crippen molar-refractivity contribution in [3.8, 4) is 0 Å². The molecule has 1 fully saturated rings. The molecule has 0 aliphatic carbocycles. The minimum atomic E-state index is -0.241. The van der Waals surface area contributed by atoms with Crippen molar-refractivity contribution in [2.24, 2.45) is 0 Å². The van der Waals surface area contributed by atoms with Crippen LogP contribution in [-0.4, -0.2) is 65.3 Å². The average Bonchev–Trinajstić information content (AvgIpc) is 3.23. The van der Waals surface area contributed by atoms with E-state index < -0.39 is 0 Å². The molecule has 1 aromatic heterocycles. The van der Waals surface area contributed by atoms with Gasteiger partial charge in [0.1, 0.15) is 0 Å². The number of hydrogen-bond acceptors (Lipinski definition) is 4. The van der Waals surface area contributed by atoms with Gasteiger partial charge in [-0.05, 0) is 73.0 Å². The van der Waals surface area contributed by atoms with E-state index in [0.29, 0.717) is 31.7 Å². The molecule has 3 aromatic rings. The van der Waals surface area contributed by atoms with Crippen LogP contribution in [0.5, 0.6) is 0 Å². The van der Waals surface area contributed by atoms with Crippen LogP contribution in [0.15, 0.2) is 64.5 Å². The maximum Gasteiger partial charge on any atom is 0.253 e. The Labute approximate surface area is 225 Å². The van der Waals surface area contributed by atoms with Crippen LogP contribution in [0.3, 0.4) is 0 Å². The zero-order valence-corrected chi connectivity index (χ0v) is 23.2. The monoisotopic (exact) mass is 565 g/mol. The highest BCUT2D eigenvalue weighted by Gasteiger charge is 2.37. The molecule has 0 bridgehead atoms. The Balaban J connectivity index is 1.32. The van der Waals surface area contributed by atoms with Crippen LogP contribution < -0.4 is 0 Å². The number of halogens is 1. The summed E-state index contributed by atoms with van der Waals surface area (Å²) in [7, 11) is 0. The second-order valence-electron chi connectivity index (χ2n) is 9.70. The van der Waals surface area contributed by atoms with Gasteiger partial charge in [0, 0.05) is 47.6 Å². The molecule has 5 nitrogen and oxygen atoms in total. The highest BCUT2D eigenvalue weighted by molar-refractivity contribution is 9.10. The molecule has 0 spiro atoms. The summed E-state index contributed by atoms with van der Waals surface area (Å²) in [5.41, 5.74) is 4.54. The van der Waals surface area contributed by atoms with Crippen LogP contribution in [0.25, 0.3) is 0 Å². The van der Waals surface area contributed by atoms with E-state index in [4.69, 9.17) is 0 Å². The molecule has 2 atom stereocenters. The lowest BCUT2D eigenvalue weighted by atomic mass is 9.89. The maximum atomic E-state index is 13.8. The fourth-order valence-corrected chi connectivity index (χ4v) is 6.85. The Morgan fingerprint density at radius 3 is 2.53 bits per heavy atom. The van der Waals surface area contributed by atoms with Crippen LogP contribution in [-0.2, 0) is 11.2 Å². The number of carbonyl (C=O) groups excluding carboxylic acids is 2. The zero-order valence-electron chi connectivity index (χ0n) is 20.8. The third-order valence-electron chi connectivity index (χ3n) is 7.51. The second-order valence-corrected chi connectivity index (χ2v) is 11.6. The Morgan fingerprint density at radius 2 is 1.72 bits per heavy atom. The molecule has 2 aromatic carbocycles. The molecule has 2 amide bonds. The summed E-state index contributed by atoms with van der Waals surface area (Å²) in [4.78, 5) is 34.6. The number of benzene rings is 2. The van der Waals surface area contributed by atoms with Gasteiger partial charge in [-0.15, -0.1) is 11.3 Å². The van der Waals surface area contributed by atoms with Gasteiger partial charge in [0.05, 0.1) is 12.1 Å². The van der Waals surface area contributed by atoms with E-state index in [1.165, 1.54) is 21.6 Å². The molecule has 0 N–H and O–H groups in total. The summed E-state index contributed by atoms with van der Waals surface area (Å²) < 4.78 is 0.896. The summed E-state index contributed by atoms with van der Waals surface area (Å²) in [6.07, 6.45) is 1.76. The third kappa shape index (κ3) is 5.01. The van der Waals surface area contributed by atoms with Gasteiger partial charge in [0.2, 0.25) is 5.91 Å². The number of rotatable bonds is 4. The summed E-state index contributed by atoms with van der Waals surface area (Å²) in [6, 6.07) is 18.1. The lowest BCUT2D eigenvalue weighted by Gasteiger charge is -2.41. The standard InChI is InChI=1S/C29H32BrN3O2S/c1-20-7-3-4-10-24(20)27-25-12-18-36-26(25)11-15-33(27)21(2)28(34)31-13-6-14-32(17-16-31)29(35)22-8-5-9-23(30)19-22/h3-5,7-10,12,18-19,21,27H,6,11,13-17H2,1-2H3/t21-,27-/m0/s1. The van der Waals surface area contributed by atoms with E-state index in [-0.39, 0.29) is 23.9 Å². The number of thiophene rings is 1. The number of amides is 2. The highest BCUT2D eigenvalue weighted by Crippen LogP contribution is 2.40. The molecule has 5 rings (SSSR count). The number of aryl methyl sites for hydroxylation is 1. The van der Waals surface area contributed by atoms with Crippen molar-refractivity contribution in [1.82, 2.24) is 14.7 Å². The fraction of sp³-hybridized carbons (Fsp3) is 0.379. The van der Waals surface area contributed by atoms with Crippen molar-refractivity contribution < 1.29 is 9.59 Å². The van der Waals surface area contributed by atoms with Crippen molar-refractivity contribution in [1.29, 1.82) is 0 Å². The highest BCUT2D eigenvalue weighted by atomic mass is 79.9. The predicted octanol–water partition coefficient (Wildman–Crippen LogP) is 5.53. The molecule has 1 saturated heterocycles. The number of hydrogen-bond donors (Lipinski definition) is 0. The molecule has 0 radical (unpaired) electrons. The Morgan fingerprint density at radius 1 is 0.944 bits per heavy atom. The van der Waals surface area contributed by atoms with Crippen LogP contribution in [0.4, 0.5) is 0 Å². The van der Waals surface area contributed by atoms with E-state index in [0.717, 1.165) is 23.9 Å². The normalized spacial score (nSPS) is 19.5. The number of carbonyl (C=O) groups is 2. The number of nitrogens with zero attached hydrogens (tertiary/aromatic N) is 3. The molecule has 188 valence electrons. The van der Waals surface area contributed by atoms with Gasteiger partial charge in [-0.25, -0.2) is 0 Å². The van der Waals surface area contributed by atoms with Crippen LogP contribution in [0, 0.1) is 6.92 Å². The molecule has 7 heteroatoms. The molecule has 3 heterocycles. The smallest absolute Gasteiger partial charge is 0.253 e. The first-order valence-corrected chi connectivity index (χ1v) is 14.3. The van der Waals surface area contributed by atoms with Gasteiger partial charge < -0.3 is 9.80 Å². The van der Waals surface area contributed by atoms with E-state index in [1.54, 1.807) is 0 Å². The molecular formula is C29H32BrN3O2S. The van der Waals surface area contributed by atoms with Crippen LogP contribution >= 0.6 is 27.3 Å². The molecule has 2 aliphatic rings. The molecular weight excluding hydrogens is 534 g/mol. The van der Waals surface area contributed by atoms with Gasteiger partial charge in [-0.3, -0.25) is 14.5 Å². The van der Waals surface area contributed by atoms with Crippen LogP contribution in [0.1, 0.15) is 51.3 Å². The number of fused-ring (bicyclic) bond motifs is 1. The largest absolute Gasteiger partial charge is 0.340 e. The minimum Gasteiger partial charge on any atom is -0.340 e. The van der Waals surface area contributed by atoms with E-state index in [2.05, 4.69) is 70.4 Å². The maximum absolute atomic E-state index is 13.8.